The molecule has 0 aromatic carbocycles. The first-order valence-electron chi connectivity index (χ1n) is 8.63. The molecule has 0 radical (unpaired) electrons. The number of nitrogens with two attached hydrogens (primary N) is 1. The molecule has 0 aliphatic carbocycles. The van der Waals surface area contributed by atoms with Crippen molar-refractivity contribution in [3.63, 3.8) is 0 Å². The third-order valence-corrected chi connectivity index (χ3v) is 4.78. The Morgan fingerprint density at radius 3 is 2.27 bits per heavy atom. The number of morpholine rings is 1. The largest absolute Gasteiger partial charge is 0.379 e. The van der Waals surface area contributed by atoms with Crippen molar-refractivity contribution in [2.75, 3.05) is 46.4 Å². The van der Waals surface area contributed by atoms with Gasteiger partial charge in [-0.2, -0.15) is 0 Å². The van der Waals surface area contributed by atoms with Gasteiger partial charge >= 0.3 is 0 Å². The summed E-state index contributed by atoms with van der Waals surface area (Å²) >= 11 is 0. The Hall–Kier alpha value is -0.650. The Morgan fingerprint density at radius 1 is 1.27 bits per heavy atom. The molecule has 0 aromatic heterocycles. The highest BCUT2D eigenvalue weighted by molar-refractivity contribution is 5.82. The molecule has 1 atom stereocenters. The molecule has 0 spiro atoms. The van der Waals surface area contributed by atoms with Crippen LogP contribution in [0.1, 0.15) is 40.5 Å². The summed E-state index contributed by atoms with van der Waals surface area (Å²) in [4.78, 5) is 17.3. The van der Waals surface area contributed by atoms with E-state index < -0.39 is 0 Å². The smallest absolute Gasteiger partial charge is 0.239 e. The number of rotatable bonds is 8. The summed E-state index contributed by atoms with van der Waals surface area (Å²) in [5.41, 5.74) is 5.77. The van der Waals surface area contributed by atoms with Gasteiger partial charge in [0.25, 0.3) is 0 Å². The van der Waals surface area contributed by atoms with Crippen LogP contribution < -0.4 is 5.73 Å². The first-order valence-corrected chi connectivity index (χ1v) is 8.63. The zero-order valence-electron chi connectivity index (χ0n) is 15.1. The maximum absolute atomic E-state index is 13.1. The lowest BCUT2D eigenvalue weighted by Crippen LogP contribution is -2.56. The zero-order chi connectivity index (χ0) is 16.8. The second-order valence-corrected chi connectivity index (χ2v) is 7.23. The van der Waals surface area contributed by atoms with Gasteiger partial charge in [-0.15, -0.1) is 0 Å². The summed E-state index contributed by atoms with van der Waals surface area (Å²) in [6.45, 7) is 13.0. The fourth-order valence-electron chi connectivity index (χ4n) is 3.26. The molecule has 0 saturated carbocycles. The highest BCUT2D eigenvalue weighted by Crippen LogP contribution is 2.23. The fourth-order valence-corrected chi connectivity index (χ4v) is 3.26. The highest BCUT2D eigenvalue weighted by atomic mass is 16.5. The van der Waals surface area contributed by atoms with Gasteiger partial charge < -0.3 is 15.4 Å². The molecule has 5 heteroatoms. The second kappa shape index (κ2) is 8.85. The van der Waals surface area contributed by atoms with Crippen molar-refractivity contribution < 1.29 is 9.53 Å². The molecular weight excluding hydrogens is 278 g/mol. The van der Waals surface area contributed by atoms with Crippen molar-refractivity contribution in [1.82, 2.24) is 9.80 Å². The Morgan fingerprint density at radius 2 is 1.82 bits per heavy atom. The van der Waals surface area contributed by atoms with E-state index in [1.54, 1.807) is 0 Å². The summed E-state index contributed by atoms with van der Waals surface area (Å²) < 4.78 is 5.45. The average molecular weight is 313 g/mol. The Kier molecular flexibility index (Phi) is 7.80. The summed E-state index contributed by atoms with van der Waals surface area (Å²) in [6.07, 6.45) is 2.05. The number of amides is 1. The standard InChI is InChI=1S/C17H35N3O2/c1-6-14(7-2)15(20-8-10-22-11-9-20)16(21)19(5)13-17(3,4)12-18/h14-15H,6-13,18H2,1-5H3. The molecule has 1 fully saturated rings. The summed E-state index contributed by atoms with van der Waals surface area (Å²) in [6, 6.07) is -0.0301. The van der Waals surface area contributed by atoms with Gasteiger partial charge in [-0.25, -0.2) is 0 Å². The molecule has 1 amide bonds. The monoisotopic (exact) mass is 313 g/mol. The Bertz CT molecular complexity index is 337. The molecule has 5 nitrogen and oxygen atoms in total. The maximum atomic E-state index is 13.1. The van der Waals surface area contributed by atoms with Crippen LogP contribution >= 0.6 is 0 Å². The fraction of sp³-hybridized carbons (Fsp3) is 0.941. The zero-order valence-corrected chi connectivity index (χ0v) is 15.1. The first-order chi connectivity index (χ1) is 10.4. The molecule has 130 valence electrons. The quantitative estimate of drug-likeness (QED) is 0.739. The van der Waals surface area contributed by atoms with Gasteiger partial charge in [0.2, 0.25) is 5.91 Å². The third kappa shape index (κ3) is 5.21. The van der Waals surface area contributed by atoms with Crippen LogP contribution in [-0.2, 0) is 9.53 Å². The van der Waals surface area contributed by atoms with E-state index in [0.717, 1.165) is 39.1 Å². The van der Waals surface area contributed by atoms with Crippen molar-refractivity contribution in [3.8, 4) is 0 Å². The number of likely N-dealkylation sites (N-methyl/N-ethyl adjacent to an activating group) is 1. The van der Waals surface area contributed by atoms with Crippen molar-refractivity contribution in [3.05, 3.63) is 0 Å². The van der Waals surface area contributed by atoms with Crippen molar-refractivity contribution in [2.24, 2.45) is 17.1 Å². The molecule has 1 rings (SSSR count). The van der Waals surface area contributed by atoms with Crippen LogP contribution in [0.5, 0.6) is 0 Å². The number of nitrogens with zero attached hydrogens (tertiary/aromatic N) is 2. The van der Waals surface area contributed by atoms with Crippen LogP contribution in [0.4, 0.5) is 0 Å². The predicted molar refractivity (Wildman–Crippen MR) is 90.7 cm³/mol. The van der Waals surface area contributed by atoms with Gasteiger partial charge in [0.05, 0.1) is 19.3 Å². The van der Waals surface area contributed by atoms with Gasteiger partial charge in [-0.3, -0.25) is 9.69 Å². The SMILES string of the molecule is CCC(CC)C(C(=O)N(C)CC(C)(C)CN)N1CCOCC1. The van der Waals surface area contributed by atoms with E-state index in [2.05, 4.69) is 32.6 Å². The third-order valence-electron chi connectivity index (χ3n) is 4.78. The van der Waals surface area contributed by atoms with Gasteiger partial charge in [-0.1, -0.05) is 40.5 Å². The van der Waals surface area contributed by atoms with E-state index >= 15 is 0 Å². The van der Waals surface area contributed by atoms with Gasteiger partial charge in [0.15, 0.2) is 0 Å². The normalized spacial score (nSPS) is 18.5. The van der Waals surface area contributed by atoms with E-state index in [4.69, 9.17) is 10.5 Å². The first kappa shape index (κ1) is 19.4. The van der Waals surface area contributed by atoms with Crippen molar-refractivity contribution >= 4 is 5.91 Å². The average Bonchev–Trinajstić information content (AvgIpc) is 2.52. The lowest BCUT2D eigenvalue weighted by molar-refractivity contribution is -0.141. The van der Waals surface area contributed by atoms with E-state index in [9.17, 15) is 4.79 Å². The molecule has 1 saturated heterocycles. The second-order valence-electron chi connectivity index (χ2n) is 7.23. The summed E-state index contributed by atoms with van der Waals surface area (Å²) in [7, 11) is 1.91. The molecule has 1 unspecified atom stereocenters. The minimum atomic E-state index is -0.0477. The molecule has 1 aliphatic rings. The number of ether oxygens (including phenoxy) is 1. The van der Waals surface area contributed by atoms with Gasteiger partial charge in [-0.05, 0) is 17.9 Å². The minimum absolute atomic E-state index is 0.0301. The van der Waals surface area contributed by atoms with E-state index in [1.165, 1.54) is 0 Å². The lowest BCUT2D eigenvalue weighted by Gasteiger charge is -2.40. The molecule has 2 N–H and O–H groups in total. The molecule has 1 heterocycles. The maximum Gasteiger partial charge on any atom is 0.239 e. The lowest BCUT2D eigenvalue weighted by atomic mass is 9.89. The Balaban J connectivity index is 2.86. The number of carbonyl (C=O) groups is 1. The summed E-state index contributed by atoms with van der Waals surface area (Å²) in [5.74, 6) is 0.631. The van der Waals surface area contributed by atoms with Gasteiger partial charge in [0, 0.05) is 26.7 Å². The van der Waals surface area contributed by atoms with Crippen molar-refractivity contribution in [2.45, 2.75) is 46.6 Å². The van der Waals surface area contributed by atoms with Crippen LogP contribution in [0.3, 0.4) is 0 Å². The number of carbonyl (C=O) groups excluding carboxylic acids is 1. The van der Waals surface area contributed by atoms with Crippen LogP contribution in [0.2, 0.25) is 0 Å². The Labute approximate surface area is 136 Å². The topological polar surface area (TPSA) is 58.8 Å². The number of hydrogen-bond donors (Lipinski definition) is 1. The van der Waals surface area contributed by atoms with Gasteiger partial charge in [0.1, 0.15) is 0 Å². The number of hydrogen-bond acceptors (Lipinski definition) is 4. The molecule has 1 aliphatic heterocycles. The van der Waals surface area contributed by atoms with Crippen LogP contribution in [0.25, 0.3) is 0 Å². The minimum Gasteiger partial charge on any atom is -0.379 e. The van der Waals surface area contributed by atoms with E-state index in [1.807, 2.05) is 11.9 Å². The molecule has 22 heavy (non-hydrogen) atoms. The molecule has 0 aromatic rings. The van der Waals surface area contributed by atoms with E-state index in [0.29, 0.717) is 19.0 Å². The molecule has 0 bridgehead atoms. The van der Waals surface area contributed by atoms with Crippen LogP contribution in [0.15, 0.2) is 0 Å². The molecular formula is C17H35N3O2. The van der Waals surface area contributed by atoms with E-state index in [-0.39, 0.29) is 17.4 Å². The van der Waals surface area contributed by atoms with Crippen LogP contribution in [0, 0.1) is 11.3 Å². The highest BCUT2D eigenvalue weighted by Gasteiger charge is 2.35. The van der Waals surface area contributed by atoms with Crippen molar-refractivity contribution in [1.29, 1.82) is 0 Å². The van der Waals surface area contributed by atoms with Crippen LogP contribution in [-0.4, -0.2) is 68.2 Å². The predicted octanol–water partition coefficient (Wildman–Crippen LogP) is 1.57. The summed E-state index contributed by atoms with van der Waals surface area (Å²) in [5, 5.41) is 0.